The van der Waals surface area contributed by atoms with Gasteiger partial charge in [0.2, 0.25) is 5.76 Å². The van der Waals surface area contributed by atoms with Crippen LogP contribution in [0.3, 0.4) is 0 Å². The van der Waals surface area contributed by atoms with Crippen LogP contribution in [-0.4, -0.2) is 54.1 Å². The van der Waals surface area contributed by atoms with E-state index in [1.807, 2.05) is 6.92 Å². The zero-order valence-electron chi connectivity index (χ0n) is 12.0. The maximum Gasteiger partial charge on any atom is 0.371 e. The Kier molecular flexibility index (Phi) is 3.96. The smallest absolute Gasteiger partial charge is 0.371 e. The third-order valence-corrected chi connectivity index (χ3v) is 3.94. The van der Waals surface area contributed by atoms with E-state index >= 15 is 0 Å². The molecule has 1 saturated heterocycles. The molecular weight excluding hydrogens is 244 g/mol. The Morgan fingerprint density at radius 2 is 2.21 bits per heavy atom. The van der Waals surface area contributed by atoms with Crippen LogP contribution in [0.5, 0.6) is 0 Å². The largest absolute Gasteiger partial charge is 0.475 e. The Balaban J connectivity index is 2.04. The molecule has 1 N–H and O–H groups in total. The van der Waals surface area contributed by atoms with Crippen LogP contribution in [-0.2, 0) is 6.54 Å². The molecule has 106 valence electrons. The van der Waals surface area contributed by atoms with E-state index in [1.165, 1.54) is 0 Å². The molecule has 0 aromatic carbocycles. The van der Waals surface area contributed by atoms with E-state index in [1.54, 1.807) is 6.07 Å². The molecule has 2 unspecified atom stereocenters. The fourth-order valence-electron chi connectivity index (χ4n) is 2.87. The van der Waals surface area contributed by atoms with Gasteiger partial charge in [-0.15, -0.1) is 0 Å². The predicted octanol–water partition coefficient (Wildman–Crippen LogP) is 1.67. The molecule has 1 aliphatic rings. The first kappa shape index (κ1) is 14.1. The van der Waals surface area contributed by atoms with E-state index in [9.17, 15) is 4.79 Å². The van der Waals surface area contributed by atoms with Crippen molar-refractivity contribution in [3.8, 4) is 0 Å². The van der Waals surface area contributed by atoms with Gasteiger partial charge in [-0.05, 0) is 33.0 Å². The van der Waals surface area contributed by atoms with Crippen molar-refractivity contribution in [2.45, 2.75) is 26.4 Å². The van der Waals surface area contributed by atoms with Crippen molar-refractivity contribution < 1.29 is 14.3 Å². The number of aromatic carboxylic acids is 1. The lowest BCUT2D eigenvalue weighted by molar-refractivity contribution is 0.0661. The highest BCUT2D eigenvalue weighted by Gasteiger charge is 2.31. The molecule has 0 aliphatic carbocycles. The molecule has 1 aromatic heterocycles. The van der Waals surface area contributed by atoms with Gasteiger partial charge >= 0.3 is 5.97 Å². The molecule has 2 atom stereocenters. The van der Waals surface area contributed by atoms with Gasteiger partial charge in [0, 0.05) is 31.2 Å². The van der Waals surface area contributed by atoms with Gasteiger partial charge in [-0.3, -0.25) is 4.90 Å². The highest BCUT2D eigenvalue weighted by molar-refractivity contribution is 5.84. The molecule has 2 heterocycles. The normalized spacial score (nSPS) is 24.3. The number of carboxylic acids is 1. The van der Waals surface area contributed by atoms with E-state index in [4.69, 9.17) is 9.52 Å². The monoisotopic (exact) mass is 266 g/mol. The molecule has 5 heteroatoms. The lowest BCUT2D eigenvalue weighted by Gasteiger charge is -2.22. The topological polar surface area (TPSA) is 56.9 Å². The molecule has 0 spiro atoms. The van der Waals surface area contributed by atoms with Gasteiger partial charge in [0.15, 0.2) is 0 Å². The number of likely N-dealkylation sites (tertiary alicyclic amines) is 1. The van der Waals surface area contributed by atoms with Gasteiger partial charge in [-0.1, -0.05) is 6.92 Å². The summed E-state index contributed by atoms with van der Waals surface area (Å²) in [5, 5.41) is 8.93. The van der Waals surface area contributed by atoms with Crippen LogP contribution in [0, 0.1) is 12.8 Å². The SMILES string of the molecule is Cc1oc(C(=O)O)cc1CN1CC(C)C(N(C)C)C1. The molecule has 19 heavy (non-hydrogen) atoms. The highest BCUT2D eigenvalue weighted by Crippen LogP contribution is 2.24. The van der Waals surface area contributed by atoms with E-state index in [0.717, 1.165) is 25.2 Å². The zero-order valence-corrected chi connectivity index (χ0v) is 12.0. The Morgan fingerprint density at radius 1 is 1.53 bits per heavy atom. The van der Waals surface area contributed by atoms with E-state index in [2.05, 4.69) is 30.8 Å². The third kappa shape index (κ3) is 2.98. The van der Waals surface area contributed by atoms with Crippen molar-refractivity contribution in [3.05, 3.63) is 23.2 Å². The van der Waals surface area contributed by atoms with Crippen molar-refractivity contribution in [2.24, 2.45) is 5.92 Å². The van der Waals surface area contributed by atoms with Crippen molar-refractivity contribution in [1.82, 2.24) is 9.80 Å². The van der Waals surface area contributed by atoms with Gasteiger partial charge in [-0.25, -0.2) is 4.79 Å². The number of carboxylic acid groups (broad SMARTS) is 1. The molecule has 1 fully saturated rings. The molecular formula is C14H22N2O3. The maximum absolute atomic E-state index is 10.9. The second-order valence-electron chi connectivity index (χ2n) is 5.70. The number of aryl methyl sites for hydroxylation is 1. The minimum absolute atomic E-state index is 0.0314. The van der Waals surface area contributed by atoms with E-state index < -0.39 is 5.97 Å². The summed E-state index contributed by atoms with van der Waals surface area (Å²) in [4.78, 5) is 15.5. The first-order valence-electron chi connectivity index (χ1n) is 6.60. The van der Waals surface area contributed by atoms with Gasteiger partial charge < -0.3 is 14.4 Å². The summed E-state index contributed by atoms with van der Waals surface area (Å²) in [6.07, 6.45) is 0. The van der Waals surface area contributed by atoms with Crippen LogP contribution < -0.4 is 0 Å². The number of carbonyl (C=O) groups is 1. The molecule has 0 radical (unpaired) electrons. The summed E-state index contributed by atoms with van der Waals surface area (Å²) >= 11 is 0. The summed E-state index contributed by atoms with van der Waals surface area (Å²) in [6.45, 7) is 6.90. The lowest BCUT2D eigenvalue weighted by atomic mass is 10.1. The number of furan rings is 1. The molecule has 1 aliphatic heterocycles. The van der Waals surface area contributed by atoms with Gasteiger partial charge in [0.1, 0.15) is 5.76 Å². The minimum atomic E-state index is -1.00. The fourth-order valence-corrected chi connectivity index (χ4v) is 2.87. The second kappa shape index (κ2) is 5.35. The summed E-state index contributed by atoms with van der Waals surface area (Å²) in [5.41, 5.74) is 0.976. The zero-order chi connectivity index (χ0) is 14.2. The molecule has 0 saturated carbocycles. The van der Waals surface area contributed by atoms with Crippen LogP contribution in [0.4, 0.5) is 0 Å². The van der Waals surface area contributed by atoms with E-state index in [0.29, 0.717) is 17.7 Å². The maximum atomic E-state index is 10.9. The molecule has 2 rings (SSSR count). The summed E-state index contributed by atoms with van der Waals surface area (Å²) in [6, 6.07) is 2.21. The first-order valence-corrected chi connectivity index (χ1v) is 6.60. The summed E-state index contributed by atoms with van der Waals surface area (Å²) in [7, 11) is 4.21. The van der Waals surface area contributed by atoms with Crippen LogP contribution in [0.15, 0.2) is 10.5 Å². The minimum Gasteiger partial charge on any atom is -0.475 e. The lowest BCUT2D eigenvalue weighted by Crippen LogP contribution is -2.34. The third-order valence-electron chi connectivity index (χ3n) is 3.94. The van der Waals surface area contributed by atoms with Crippen molar-refractivity contribution in [3.63, 3.8) is 0 Å². The van der Waals surface area contributed by atoms with Crippen LogP contribution in [0.2, 0.25) is 0 Å². The number of likely N-dealkylation sites (N-methyl/N-ethyl adjacent to an activating group) is 1. The Labute approximate surface area is 113 Å². The fraction of sp³-hybridized carbons (Fsp3) is 0.643. The summed E-state index contributed by atoms with van der Waals surface area (Å²) in [5.74, 6) is 0.360. The van der Waals surface area contributed by atoms with Gasteiger partial charge in [0.05, 0.1) is 0 Å². The quantitative estimate of drug-likeness (QED) is 0.898. The molecule has 1 aromatic rings. The van der Waals surface area contributed by atoms with Crippen LogP contribution in [0.1, 0.15) is 28.8 Å². The average Bonchev–Trinajstić information content (AvgIpc) is 2.84. The highest BCUT2D eigenvalue weighted by atomic mass is 16.4. The molecule has 0 amide bonds. The van der Waals surface area contributed by atoms with Crippen LogP contribution in [0.25, 0.3) is 0 Å². The second-order valence-corrected chi connectivity index (χ2v) is 5.70. The first-order chi connectivity index (χ1) is 8.88. The summed E-state index contributed by atoms with van der Waals surface area (Å²) < 4.78 is 5.25. The number of nitrogens with zero attached hydrogens (tertiary/aromatic N) is 2. The van der Waals surface area contributed by atoms with Gasteiger partial charge in [0.25, 0.3) is 0 Å². The molecule has 5 nitrogen and oxygen atoms in total. The van der Waals surface area contributed by atoms with E-state index in [-0.39, 0.29) is 5.76 Å². The average molecular weight is 266 g/mol. The van der Waals surface area contributed by atoms with Crippen molar-refractivity contribution in [1.29, 1.82) is 0 Å². The van der Waals surface area contributed by atoms with Crippen molar-refractivity contribution in [2.75, 3.05) is 27.2 Å². The van der Waals surface area contributed by atoms with Gasteiger partial charge in [-0.2, -0.15) is 0 Å². The van der Waals surface area contributed by atoms with Crippen LogP contribution >= 0.6 is 0 Å². The molecule has 0 bridgehead atoms. The Bertz CT molecular complexity index is 467. The Hall–Kier alpha value is -1.33. The number of hydrogen-bond acceptors (Lipinski definition) is 4. The van der Waals surface area contributed by atoms with Crippen molar-refractivity contribution >= 4 is 5.97 Å². The predicted molar refractivity (Wildman–Crippen MR) is 72.3 cm³/mol. The number of rotatable bonds is 4. The standard InChI is InChI=1S/C14H22N2O3/c1-9-6-16(8-12(9)15(3)4)7-11-5-13(14(17)18)19-10(11)2/h5,9,12H,6-8H2,1-4H3,(H,17,18). The Morgan fingerprint density at radius 3 is 2.68 bits per heavy atom. The number of hydrogen-bond donors (Lipinski definition) is 1.